The van der Waals surface area contributed by atoms with Crippen LogP contribution in [0.25, 0.3) is 0 Å². The molecule has 8 nitrogen and oxygen atoms in total. The van der Waals surface area contributed by atoms with Gasteiger partial charge in [0.1, 0.15) is 6.04 Å². The van der Waals surface area contributed by atoms with Crippen molar-refractivity contribution in [3.05, 3.63) is 66.0 Å². The molecule has 35 heavy (non-hydrogen) atoms. The molecule has 0 spiro atoms. The second kappa shape index (κ2) is 14.6. The van der Waals surface area contributed by atoms with Crippen LogP contribution in [0.1, 0.15) is 45.2 Å². The number of nitrogens with one attached hydrogen (secondary N) is 2. The lowest BCUT2D eigenvalue weighted by molar-refractivity contribution is -0.134. The molecule has 8 heteroatoms. The number of amides is 2. The molecule has 0 aliphatic carbocycles. The molecule has 192 valence electrons. The van der Waals surface area contributed by atoms with Crippen LogP contribution in [0.5, 0.6) is 0 Å². The van der Waals surface area contributed by atoms with E-state index in [1.54, 1.807) is 12.4 Å². The highest BCUT2D eigenvalue weighted by Crippen LogP contribution is 2.20. The maximum atomic E-state index is 13.2. The van der Waals surface area contributed by atoms with E-state index in [9.17, 15) is 14.7 Å². The van der Waals surface area contributed by atoms with Crippen molar-refractivity contribution in [2.45, 2.75) is 65.5 Å². The van der Waals surface area contributed by atoms with E-state index >= 15 is 0 Å². The lowest BCUT2D eigenvalue weighted by Gasteiger charge is -2.29. The minimum Gasteiger partial charge on any atom is -0.391 e. The fourth-order valence-corrected chi connectivity index (χ4v) is 3.71. The maximum Gasteiger partial charge on any atom is 0.243 e. The number of benzene rings is 1. The van der Waals surface area contributed by atoms with Crippen molar-refractivity contribution in [1.82, 2.24) is 15.6 Å². The number of nitrogens with two attached hydrogens (primary N) is 1. The van der Waals surface area contributed by atoms with E-state index in [1.165, 1.54) is 0 Å². The summed E-state index contributed by atoms with van der Waals surface area (Å²) in [6.07, 6.45) is 2.60. The third-order valence-corrected chi connectivity index (χ3v) is 6.02. The molecule has 2 rings (SSSR count). The molecule has 1 unspecified atom stereocenters. The molecule has 0 aliphatic heterocycles. The Morgan fingerprint density at radius 2 is 1.63 bits per heavy atom. The molecule has 0 fully saturated rings. The molecule has 4 atom stereocenters. The molecule has 0 saturated carbocycles. The summed E-state index contributed by atoms with van der Waals surface area (Å²) < 4.78 is 5.65. The number of carbonyl (C=O) groups is 2. The highest BCUT2D eigenvalue weighted by atomic mass is 16.5. The molecule has 2 aromatic rings. The Labute approximate surface area is 208 Å². The Morgan fingerprint density at radius 1 is 0.971 bits per heavy atom. The first-order chi connectivity index (χ1) is 16.7. The van der Waals surface area contributed by atoms with Crippen LogP contribution in [0.4, 0.5) is 0 Å². The summed E-state index contributed by atoms with van der Waals surface area (Å²) in [5, 5.41) is 16.5. The van der Waals surface area contributed by atoms with Crippen molar-refractivity contribution in [1.29, 1.82) is 0 Å². The zero-order valence-electron chi connectivity index (χ0n) is 21.2. The summed E-state index contributed by atoms with van der Waals surface area (Å²) in [6, 6.07) is 12.1. The average molecular weight is 485 g/mol. The first-order valence-electron chi connectivity index (χ1n) is 12.2. The third-order valence-electron chi connectivity index (χ3n) is 6.02. The lowest BCUT2D eigenvalue weighted by Crippen LogP contribution is -2.52. The number of hydrogen-bond acceptors (Lipinski definition) is 6. The average Bonchev–Trinajstić information content (AvgIpc) is 2.84. The predicted octanol–water partition coefficient (Wildman–Crippen LogP) is 2.41. The van der Waals surface area contributed by atoms with Crippen molar-refractivity contribution < 1.29 is 19.4 Å². The van der Waals surface area contributed by atoms with Crippen LogP contribution in [-0.2, 0) is 27.5 Å². The van der Waals surface area contributed by atoms with Crippen LogP contribution in [0.15, 0.2) is 54.9 Å². The quantitative estimate of drug-likeness (QED) is 0.326. The number of aliphatic hydroxyl groups is 1. The van der Waals surface area contributed by atoms with Crippen LogP contribution in [0.2, 0.25) is 0 Å². The number of aromatic nitrogens is 1. The molecule has 1 heterocycles. The largest absolute Gasteiger partial charge is 0.391 e. The number of ether oxygens (including phenoxy) is 1. The second-order valence-electron chi connectivity index (χ2n) is 9.62. The van der Waals surface area contributed by atoms with E-state index in [0.29, 0.717) is 13.2 Å². The van der Waals surface area contributed by atoms with Gasteiger partial charge in [0.15, 0.2) is 0 Å². The summed E-state index contributed by atoms with van der Waals surface area (Å²) in [5.74, 6) is -1.18. The minimum atomic E-state index is -0.915. The van der Waals surface area contributed by atoms with Gasteiger partial charge in [0.25, 0.3) is 0 Å². The van der Waals surface area contributed by atoms with Crippen LogP contribution in [0, 0.1) is 17.8 Å². The summed E-state index contributed by atoms with van der Waals surface area (Å²) >= 11 is 0. The fraction of sp³-hybridized carbons (Fsp3) is 0.519. The van der Waals surface area contributed by atoms with E-state index in [1.807, 2.05) is 70.2 Å². The normalized spacial score (nSPS) is 14.9. The molecule has 1 aromatic heterocycles. The van der Waals surface area contributed by atoms with Crippen molar-refractivity contribution in [2.24, 2.45) is 23.5 Å². The number of hydrogen-bond donors (Lipinski definition) is 4. The van der Waals surface area contributed by atoms with Crippen LogP contribution < -0.4 is 16.4 Å². The van der Waals surface area contributed by atoms with Crippen molar-refractivity contribution in [3.63, 3.8) is 0 Å². The maximum absolute atomic E-state index is 13.2. The van der Waals surface area contributed by atoms with Crippen LogP contribution >= 0.6 is 0 Å². The summed E-state index contributed by atoms with van der Waals surface area (Å²) in [5.41, 5.74) is 8.10. The van der Waals surface area contributed by atoms with E-state index < -0.39 is 24.1 Å². The van der Waals surface area contributed by atoms with Gasteiger partial charge in [-0.3, -0.25) is 14.6 Å². The molecule has 1 aromatic carbocycles. The first kappa shape index (κ1) is 28.4. The standard InChI is InChI=1S/C27H40N4O4/c1-18(2)22(14-24(32)23(28)17-35-16-21-8-6-5-7-9-21)26(33)31-25(19(3)4)27(34)30-15-20-10-12-29-13-11-20/h5-13,18-19,22-25,32H,14-17,28H2,1-4H3,(H,30,34)(H,31,33)/t22-,23?,24-,25-/m0/s1. The Kier molecular flexibility index (Phi) is 11.8. The number of carbonyl (C=O) groups excluding carboxylic acids is 2. The third kappa shape index (κ3) is 9.76. The first-order valence-corrected chi connectivity index (χ1v) is 12.2. The van der Waals surface area contributed by atoms with Gasteiger partial charge >= 0.3 is 0 Å². The molecule has 0 radical (unpaired) electrons. The Bertz CT molecular complexity index is 893. The van der Waals surface area contributed by atoms with Gasteiger partial charge in [-0.05, 0) is 41.5 Å². The van der Waals surface area contributed by atoms with Crippen molar-refractivity contribution in [3.8, 4) is 0 Å². The molecule has 2 amide bonds. The molecule has 0 saturated heterocycles. The van der Waals surface area contributed by atoms with Gasteiger partial charge in [-0.1, -0.05) is 58.0 Å². The second-order valence-corrected chi connectivity index (χ2v) is 9.62. The Balaban J connectivity index is 1.90. The van der Waals surface area contributed by atoms with E-state index in [2.05, 4.69) is 15.6 Å². The lowest BCUT2D eigenvalue weighted by atomic mass is 9.87. The number of pyridine rings is 1. The summed E-state index contributed by atoms with van der Waals surface area (Å²) in [7, 11) is 0. The highest BCUT2D eigenvalue weighted by molar-refractivity contribution is 5.88. The van der Waals surface area contributed by atoms with Gasteiger partial charge in [-0.15, -0.1) is 0 Å². The van der Waals surface area contributed by atoms with Gasteiger partial charge in [0.2, 0.25) is 11.8 Å². The highest BCUT2D eigenvalue weighted by Gasteiger charge is 2.32. The predicted molar refractivity (Wildman–Crippen MR) is 136 cm³/mol. The van der Waals surface area contributed by atoms with Gasteiger partial charge in [-0.25, -0.2) is 0 Å². The van der Waals surface area contributed by atoms with Crippen LogP contribution in [0.3, 0.4) is 0 Å². The minimum absolute atomic E-state index is 0.0465. The van der Waals surface area contributed by atoms with E-state index in [0.717, 1.165) is 11.1 Å². The number of nitrogens with zero attached hydrogens (tertiary/aromatic N) is 1. The summed E-state index contributed by atoms with van der Waals surface area (Å²) in [4.78, 5) is 29.9. The molecular formula is C27H40N4O4. The SMILES string of the molecule is CC(C)[C@H](C[C@H](O)C(N)COCc1ccccc1)C(=O)N[C@H](C(=O)NCc1ccncc1)C(C)C. The van der Waals surface area contributed by atoms with Gasteiger partial charge in [0.05, 0.1) is 25.4 Å². The smallest absolute Gasteiger partial charge is 0.243 e. The molecule has 5 N–H and O–H groups in total. The Hall–Kier alpha value is -2.81. The molecule has 0 bridgehead atoms. The van der Waals surface area contributed by atoms with E-state index in [4.69, 9.17) is 10.5 Å². The monoisotopic (exact) mass is 484 g/mol. The van der Waals surface area contributed by atoms with Crippen molar-refractivity contribution in [2.75, 3.05) is 6.61 Å². The molecule has 0 aliphatic rings. The van der Waals surface area contributed by atoms with Gasteiger partial charge < -0.3 is 26.2 Å². The van der Waals surface area contributed by atoms with Crippen molar-refractivity contribution >= 4 is 11.8 Å². The van der Waals surface area contributed by atoms with Gasteiger partial charge in [-0.2, -0.15) is 0 Å². The van der Waals surface area contributed by atoms with Gasteiger partial charge in [0, 0.05) is 24.9 Å². The zero-order chi connectivity index (χ0) is 25.8. The zero-order valence-corrected chi connectivity index (χ0v) is 21.2. The topological polar surface area (TPSA) is 127 Å². The summed E-state index contributed by atoms with van der Waals surface area (Å²) in [6.45, 7) is 8.54. The molecular weight excluding hydrogens is 444 g/mol. The Morgan fingerprint density at radius 3 is 2.23 bits per heavy atom. The fourth-order valence-electron chi connectivity index (χ4n) is 3.71. The van der Waals surface area contributed by atoms with Crippen LogP contribution in [-0.4, -0.2) is 46.7 Å². The number of rotatable bonds is 14. The van der Waals surface area contributed by atoms with E-state index in [-0.39, 0.29) is 36.7 Å². The number of aliphatic hydroxyl groups excluding tert-OH is 1.